The van der Waals surface area contributed by atoms with Crippen molar-refractivity contribution in [3.05, 3.63) is 35.3 Å². The first kappa shape index (κ1) is 14.5. The molecular weight excluding hydrogens is 292 g/mol. The third-order valence-electron chi connectivity index (χ3n) is 2.33. The number of hydrogen-bond acceptors (Lipinski definition) is 5. The molecule has 1 aromatic heterocycles. The predicted molar refractivity (Wildman–Crippen MR) is 87.4 cm³/mol. The number of hydrazine groups is 1. The lowest BCUT2D eigenvalue weighted by Crippen LogP contribution is -2.33. The van der Waals surface area contributed by atoms with Crippen LogP contribution in [0.3, 0.4) is 0 Å². The first-order valence-electron chi connectivity index (χ1n) is 6.15. The van der Waals surface area contributed by atoms with Crippen LogP contribution in [0.5, 0.6) is 5.75 Å². The second-order valence-electron chi connectivity index (χ2n) is 3.96. The van der Waals surface area contributed by atoms with Crippen LogP contribution in [-0.2, 0) is 0 Å². The van der Waals surface area contributed by atoms with Gasteiger partial charge < -0.3 is 10.1 Å². The summed E-state index contributed by atoms with van der Waals surface area (Å²) in [6.45, 7) is 4.55. The van der Waals surface area contributed by atoms with E-state index in [4.69, 9.17) is 17.0 Å². The van der Waals surface area contributed by atoms with Crippen molar-refractivity contribution in [3.63, 3.8) is 0 Å². The maximum Gasteiger partial charge on any atom is 0.201 e. The standard InChI is InChI=1S/C13H16N4OS2/c1-3-18-11-6-4-10(5-7-11)15-12(19)16-17-13-14-9(2)8-20-13/h4-8H,3H2,1-2H3,(H,14,17)(H2,15,16,19). The third kappa shape index (κ3) is 4.36. The largest absolute Gasteiger partial charge is 0.494 e. The fourth-order valence-corrected chi connectivity index (χ4v) is 2.30. The van der Waals surface area contributed by atoms with E-state index in [1.165, 1.54) is 11.3 Å². The van der Waals surface area contributed by atoms with Crippen LogP contribution in [0.4, 0.5) is 10.8 Å². The Hall–Kier alpha value is -1.86. The van der Waals surface area contributed by atoms with Gasteiger partial charge in [0.15, 0.2) is 5.11 Å². The summed E-state index contributed by atoms with van der Waals surface area (Å²) in [6.07, 6.45) is 0. The number of benzene rings is 1. The number of thiazole rings is 1. The van der Waals surface area contributed by atoms with Crippen molar-refractivity contribution in [2.75, 3.05) is 17.3 Å². The molecule has 0 saturated carbocycles. The molecule has 0 aliphatic carbocycles. The number of rotatable bonds is 5. The zero-order chi connectivity index (χ0) is 14.4. The lowest BCUT2D eigenvalue weighted by atomic mass is 10.3. The summed E-state index contributed by atoms with van der Waals surface area (Å²) in [4.78, 5) is 4.26. The lowest BCUT2D eigenvalue weighted by molar-refractivity contribution is 0.340. The van der Waals surface area contributed by atoms with E-state index in [1.54, 1.807) is 0 Å². The molecule has 2 aromatic rings. The molecule has 0 spiro atoms. The van der Waals surface area contributed by atoms with E-state index in [0.717, 1.165) is 22.3 Å². The average Bonchev–Trinajstić information content (AvgIpc) is 2.85. The Kier molecular flexibility index (Phi) is 5.14. The molecule has 1 aromatic carbocycles. The van der Waals surface area contributed by atoms with Gasteiger partial charge in [0.1, 0.15) is 5.75 Å². The first-order chi connectivity index (χ1) is 9.67. The van der Waals surface area contributed by atoms with Crippen LogP contribution in [0.25, 0.3) is 0 Å². The molecule has 7 heteroatoms. The van der Waals surface area contributed by atoms with Crippen LogP contribution in [0.15, 0.2) is 29.6 Å². The summed E-state index contributed by atoms with van der Waals surface area (Å²) in [5, 5.41) is 6.28. The van der Waals surface area contributed by atoms with Crippen molar-refractivity contribution in [2.45, 2.75) is 13.8 Å². The summed E-state index contributed by atoms with van der Waals surface area (Å²) in [5.41, 5.74) is 7.70. The summed E-state index contributed by atoms with van der Waals surface area (Å²) >= 11 is 6.70. The maximum absolute atomic E-state index is 5.38. The van der Waals surface area contributed by atoms with E-state index in [-0.39, 0.29) is 0 Å². The summed E-state index contributed by atoms with van der Waals surface area (Å²) in [7, 11) is 0. The molecule has 0 bridgehead atoms. The van der Waals surface area contributed by atoms with Gasteiger partial charge in [-0.05, 0) is 50.3 Å². The molecule has 0 radical (unpaired) electrons. The number of aryl methyl sites for hydroxylation is 1. The number of nitrogens with one attached hydrogen (secondary N) is 3. The highest BCUT2D eigenvalue weighted by Gasteiger charge is 2.00. The molecule has 0 aliphatic heterocycles. The topological polar surface area (TPSA) is 58.2 Å². The highest BCUT2D eigenvalue weighted by Crippen LogP contribution is 2.16. The summed E-state index contributed by atoms with van der Waals surface area (Å²) < 4.78 is 5.38. The van der Waals surface area contributed by atoms with Crippen molar-refractivity contribution in [1.82, 2.24) is 10.4 Å². The van der Waals surface area contributed by atoms with Gasteiger partial charge >= 0.3 is 0 Å². The molecule has 0 atom stereocenters. The van der Waals surface area contributed by atoms with Crippen molar-refractivity contribution in [2.24, 2.45) is 0 Å². The van der Waals surface area contributed by atoms with Gasteiger partial charge in [-0.2, -0.15) is 0 Å². The molecule has 0 saturated heterocycles. The van der Waals surface area contributed by atoms with Crippen molar-refractivity contribution in [3.8, 4) is 5.75 Å². The smallest absolute Gasteiger partial charge is 0.201 e. The molecule has 0 amide bonds. The molecule has 1 heterocycles. The van der Waals surface area contributed by atoms with E-state index in [2.05, 4.69) is 21.2 Å². The monoisotopic (exact) mass is 308 g/mol. The van der Waals surface area contributed by atoms with Crippen LogP contribution in [0.1, 0.15) is 12.6 Å². The van der Waals surface area contributed by atoms with Gasteiger partial charge in [0.25, 0.3) is 0 Å². The highest BCUT2D eigenvalue weighted by molar-refractivity contribution is 7.80. The Morgan fingerprint density at radius 2 is 2.10 bits per heavy atom. The van der Waals surface area contributed by atoms with E-state index in [0.29, 0.717) is 11.7 Å². The SMILES string of the molecule is CCOc1ccc(NC(=S)NNc2nc(C)cs2)cc1. The van der Waals surface area contributed by atoms with Crippen molar-refractivity contribution < 1.29 is 4.74 Å². The molecule has 0 aliphatic rings. The normalized spacial score (nSPS) is 9.90. The summed E-state index contributed by atoms with van der Waals surface area (Å²) in [6, 6.07) is 7.61. The van der Waals surface area contributed by atoms with Gasteiger partial charge in [0.2, 0.25) is 5.13 Å². The minimum Gasteiger partial charge on any atom is -0.494 e. The Labute approximate surface area is 127 Å². The number of ether oxygens (including phenoxy) is 1. The van der Waals surface area contributed by atoms with Gasteiger partial charge in [0.05, 0.1) is 12.3 Å². The third-order valence-corrected chi connectivity index (χ3v) is 3.40. The Bertz CT molecular complexity index is 568. The number of anilines is 2. The quantitative estimate of drug-likeness (QED) is 0.583. The van der Waals surface area contributed by atoms with Gasteiger partial charge in [-0.25, -0.2) is 4.98 Å². The minimum absolute atomic E-state index is 0.474. The van der Waals surface area contributed by atoms with Gasteiger partial charge in [-0.1, -0.05) is 0 Å². The Morgan fingerprint density at radius 3 is 2.70 bits per heavy atom. The average molecular weight is 308 g/mol. The van der Waals surface area contributed by atoms with E-state index >= 15 is 0 Å². The van der Waals surface area contributed by atoms with Crippen LogP contribution < -0.4 is 20.9 Å². The second kappa shape index (κ2) is 7.06. The van der Waals surface area contributed by atoms with E-state index < -0.39 is 0 Å². The van der Waals surface area contributed by atoms with E-state index in [1.807, 2.05) is 43.5 Å². The fraction of sp³-hybridized carbons (Fsp3) is 0.231. The number of thiocarbonyl (C=S) groups is 1. The number of hydrogen-bond donors (Lipinski definition) is 3. The number of nitrogens with zero attached hydrogens (tertiary/aromatic N) is 1. The molecule has 2 rings (SSSR count). The van der Waals surface area contributed by atoms with Gasteiger partial charge in [-0.3, -0.25) is 10.9 Å². The second-order valence-corrected chi connectivity index (χ2v) is 5.22. The van der Waals surface area contributed by atoms with Gasteiger partial charge in [-0.15, -0.1) is 11.3 Å². The molecule has 3 N–H and O–H groups in total. The Morgan fingerprint density at radius 1 is 1.35 bits per heavy atom. The zero-order valence-electron chi connectivity index (χ0n) is 11.3. The van der Waals surface area contributed by atoms with Crippen LogP contribution in [0.2, 0.25) is 0 Å². The zero-order valence-corrected chi connectivity index (χ0v) is 12.9. The lowest BCUT2D eigenvalue weighted by Gasteiger charge is -2.11. The van der Waals surface area contributed by atoms with Crippen LogP contribution in [-0.4, -0.2) is 16.7 Å². The molecule has 106 valence electrons. The molecule has 0 unspecified atom stereocenters. The maximum atomic E-state index is 5.38. The van der Waals surface area contributed by atoms with Crippen LogP contribution in [0, 0.1) is 6.92 Å². The number of aromatic nitrogens is 1. The fourth-order valence-electron chi connectivity index (χ4n) is 1.49. The highest BCUT2D eigenvalue weighted by atomic mass is 32.1. The molecular formula is C13H16N4OS2. The molecule has 5 nitrogen and oxygen atoms in total. The van der Waals surface area contributed by atoms with Gasteiger partial charge in [0, 0.05) is 11.1 Å². The minimum atomic E-state index is 0.474. The molecule has 20 heavy (non-hydrogen) atoms. The molecule has 0 fully saturated rings. The Balaban J connectivity index is 1.81. The van der Waals surface area contributed by atoms with Crippen molar-refractivity contribution in [1.29, 1.82) is 0 Å². The van der Waals surface area contributed by atoms with Crippen LogP contribution >= 0.6 is 23.6 Å². The van der Waals surface area contributed by atoms with E-state index in [9.17, 15) is 0 Å². The van der Waals surface area contributed by atoms with Crippen molar-refractivity contribution >= 4 is 39.5 Å². The first-order valence-corrected chi connectivity index (χ1v) is 7.44. The summed E-state index contributed by atoms with van der Waals surface area (Å²) in [5.74, 6) is 0.841. The predicted octanol–water partition coefficient (Wildman–Crippen LogP) is 3.16.